The molecule has 0 radical (unpaired) electrons. The topological polar surface area (TPSA) is 217 Å². The predicted octanol–water partition coefficient (Wildman–Crippen LogP) is 4.28. The third kappa shape index (κ3) is 8.92. The third-order valence-electron chi connectivity index (χ3n) is 16.3. The van der Waals surface area contributed by atoms with Gasteiger partial charge in [-0.1, -0.05) is 64.8 Å². The zero-order chi connectivity index (χ0) is 45.9. The summed E-state index contributed by atoms with van der Waals surface area (Å²) in [6.45, 7) is 20.8. The van der Waals surface area contributed by atoms with E-state index in [1.165, 1.54) is 26.3 Å². The van der Waals surface area contributed by atoms with Gasteiger partial charge in [-0.25, -0.2) is 0 Å². The van der Waals surface area contributed by atoms with Crippen molar-refractivity contribution in [1.29, 1.82) is 0 Å². The van der Waals surface area contributed by atoms with Crippen molar-refractivity contribution in [3.05, 3.63) is 23.3 Å². The number of esters is 3. The Hall–Kier alpha value is -2.47. The molecule has 0 aromatic rings. The van der Waals surface area contributed by atoms with Crippen LogP contribution in [0.3, 0.4) is 0 Å². The van der Waals surface area contributed by atoms with Crippen molar-refractivity contribution < 1.29 is 73.1 Å². The summed E-state index contributed by atoms with van der Waals surface area (Å²) in [5.41, 5.74) is 0.626. The highest BCUT2D eigenvalue weighted by molar-refractivity contribution is 5.67. The summed E-state index contributed by atoms with van der Waals surface area (Å²) in [5, 5.41) is 57.2. The highest BCUT2D eigenvalue weighted by Gasteiger charge is 2.72. The Morgan fingerprint density at radius 2 is 1.47 bits per heavy atom. The number of aliphatic hydroxyl groups excluding tert-OH is 5. The summed E-state index contributed by atoms with van der Waals surface area (Å²) in [5.74, 6) is -1.81. The van der Waals surface area contributed by atoms with E-state index in [1.54, 1.807) is 0 Å². The van der Waals surface area contributed by atoms with Crippen LogP contribution in [-0.2, 0) is 47.5 Å². The molecule has 0 aromatic carbocycles. The van der Waals surface area contributed by atoms with Gasteiger partial charge in [-0.2, -0.15) is 0 Å². The van der Waals surface area contributed by atoms with Gasteiger partial charge in [0.2, 0.25) is 0 Å². The van der Waals surface area contributed by atoms with Gasteiger partial charge >= 0.3 is 17.9 Å². The minimum Gasteiger partial charge on any atom is -0.463 e. The Morgan fingerprint density at radius 3 is 2.10 bits per heavy atom. The minimum atomic E-state index is -1.58. The highest BCUT2D eigenvalue weighted by Crippen LogP contribution is 2.75. The van der Waals surface area contributed by atoms with Crippen LogP contribution in [0.4, 0.5) is 0 Å². The molecule has 0 spiro atoms. The fraction of sp³-hybridized carbons (Fsp3) is 0.851. The van der Waals surface area contributed by atoms with Gasteiger partial charge in [-0.15, -0.1) is 0 Å². The minimum absolute atomic E-state index is 0.0375. The summed E-state index contributed by atoms with van der Waals surface area (Å²) in [6.07, 6.45) is -3.82. The van der Waals surface area contributed by atoms with Gasteiger partial charge in [0.05, 0.1) is 24.9 Å². The Morgan fingerprint density at radius 1 is 0.806 bits per heavy atom. The zero-order valence-corrected chi connectivity index (χ0v) is 38.6. The van der Waals surface area contributed by atoms with Crippen molar-refractivity contribution in [2.45, 2.75) is 195 Å². The maximum absolute atomic E-state index is 12.6. The molecule has 6 aliphatic rings. The third-order valence-corrected chi connectivity index (χ3v) is 16.3. The number of hydrogen-bond acceptors (Lipinski definition) is 15. The van der Waals surface area contributed by atoms with E-state index < -0.39 is 102 Å². The zero-order valence-electron chi connectivity index (χ0n) is 38.6. The molecule has 4 aliphatic carbocycles. The standard InChI is InChI=1S/C47H74O15/c1-23(2)13-12-14-24(3)35-31(60-43-39(55)37(53)40(59-27(6)50)33(61-43)22-56-25(4)48)20-47(11)41-30(51)19-29-28(45(41,9)17-18-46(35,47)10)15-16-34(44(29,7)8)62-42-38(54)36(52)32(21-57-42)58-26(5)49/h13,19,24,28,30-43,51-55H,12,14-18,20-22H2,1-11H3/t24?,28-,30-,31+,32+,33-,34+,35+,36-,37+,38?,39-,40+,41-,42-,43+,45+,46-,47+/m0/s1. The first-order chi connectivity index (χ1) is 28.9. The van der Waals surface area contributed by atoms with Crippen molar-refractivity contribution >= 4 is 17.9 Å². The molecule has 0 bridgehead atoms. The number of rotatable bonds is 12. The number of allylic oxidation sites excluding steroid dienone is 2. The number of carbonyl (C=O) groups excluding carboxylic acids is 3. The summed E-state index contributed by atoms with van der Waals surface area (Å²) in [7, 11) is 0. The average molecular weight is 879 g/mol. The normalized spacial score (nSPS) is 45.3. The Balaban J connectivity index is 1.30. The van der Waals surface area contributed by atoms with E-state index in [0.29, 0.717) is 12.8 Å². The molecule has 352 valence electrons. The number of fused-ring (bicyclic) bond motifs is 5. The summed E-state index contributed by atoms with van der Waals surface area (Å²) >= 11 is 0. The van der Waals surface area contributed by atoms with Crippen molar-refractivity contribution in [3.63, 3.8) is 0 Å². The van der Waals surface area contributed by atoms with Gasteiger partial charge in [0.1, 0.15) is 37.1 Å². The van der Waals surface area contributed by atoms with E-state index in [1.807, 2.05) is 6.08 Å². The number of aliphatic hydroxyl groups is 5. The van der Waals surface area contributed by atoms with E-state index in [4.69, 9.17) is 33.2 Å². The molecule has 2 heterocycles. The fourth-order valence-corrected chi connectivity index (χ4v) is 13.2. The molecule has 3 saturated carbocycles. The second-order valence-electron chi connectivity index (χ2n) is 20.9. The molecular weight excluding hydrogens is 805 g/mol. The molecule has 19 atom stereocenters. The molecule has 0 amide bonds. The van der Waals surface area contributed by atoms with Gasteiger partial charge < -0.3 is 58.7 Å². The van der Waals surface area contributed by atoms with Crippen LogP contribution in [0, 0.1) is 45.3 Å². The van der Waals surface area contributed by atoms with Crippen LogP contribution in [0.1, 0.15) is 121 Å². The first-order valence-electron chi connectivity index (χ1n) is 22.7. The predicted molar refractivity (Wildman–Crippen MR) is 223 cm³/mol. The van der Waals surface area contributed by atoms with E-state index in [-0.39, 0.29) is 47.7 Å². The van der Waals surface area contributed by atoms with Crippen LogP contribution >= 0.6 is 0 Å². The smallest absolute Gasteiger partial charge is 0.303 e. The van der Waals surface area contributed by atoms with Gasteiger partial charge in [0, 0.05) is 32.1 Å². The number of carbonyl (C=O) groups is 3. The van der Waals surface area contributed by atoms with E-state index >= 15 is 0 Å². The van der Waals surface area contributed by atoms with Crippen LogP contribution in [-0.4, -0.2) is 130 Å². The average Bonchev–Trinajstić information content (AvgIpc) is 3.40. The molecule has 0 aromatic heterocycles. The van der Waals surface area contributed by atoms with Crippen molar-refractivity contribution in [1.82, 2.24) is 0 Å². The van der Waals surface area contributed by atoms with Crippen LogP contribution < -0.4 is 0 Å². The van der Waals surface area contributed by atoms with Gasteiger partial charge in [0.15, 0.2) is 24.8 Å². The van der Waals surface area contributed by atoms with Gasteiger partial charge in [-0.05, 0) is 92.8 Å². The Bertz CT molecular complexity index is 1710. The van der Waals surface area contributed by atoms with Gasteiger partial charge in [-0.3, -0.25) is 14.4 Å². The lowest BCUT2D eigenvalue weighted by Crippen LogP contribution is -2.63. The highest BCUT2D eigenvalue weighted by atomic mass is 16.7. The Labute approximate surface area is 366 Å². The summed E-state index contributed by atoms with van der Waals surface area (Å²) < 4.78 is 41.2. The molecule has 62 heavy (non-hydrogen) atoms. The van der Waals surface area contributed by atoms with E-state index in [9.17, 15) is 39.9 Å². The molecule has 5 fully saturated rings. The number of ether oxygens (including phenoxy) is 7. The van der Waals surface area contributed by atoms with Gasteiger partial charge in [0.25, 0.3) is 0 Å². The maximum Gasteiger partial charge on any atom is 0.303 e. The van der Waals surface area contributed by atoms with Crippen LogP contribution in [0.25, 0.3) is 0 Å². The van der Waals surface area contributed by atoms with Crippen LogP contribution in [0.15, 0.2) is 23.3 Å². The monoisotopic (exact) mass is 879 g/mol. The first kappa shape index (κ1) is 49.0. The first-order valence-corrected chi connectivity index (χ1v) is 22.7. The fourth-order valence-electron chi connectivity index (χ4n) is 13.2. The largest absolute Gasteiger partial charge is 0.463 e. The Kier molecular flexibility index (Phi) is 14.6. The summed E-state index contributed by atoms with van der Waals surface area (Å²) in [4.78, 5) is 35.4. The molecule has 5 N–H and O–H groups in total. The quantitative estimate of drug-likeness (QED) is 0.105. The van der Waals surface area contributed by atoms with Crippen molar-refractivity contribution in [3.8, 4) is 0 Å². The molecule has 2 unspecified atom stereocenters. The summed E-state index contributed by atoms with van der Waals surface area (Å²) in [6, 6.07) is 0. The molecule has 15 nitrogen and oxygen atoms in total. The molecule has 2 saturated heterocycles. The molecule has 15 heteroatoms. The number of hydrogen-bond donors (Lipinski definition) is 5. The maximum atomic E-state index is 12.6. The van der Waals surface area contributed by atoms with Crippen molar-refractivity contribution in [2.24, 2.45) is 45.3 Å². The van der Waals surface area contributed by atoms with Crippen LogP contribution in [0.5, 0.6) is 0 Å². The molecule has 2 aliphatic heterocycles. The lowest BCUT2D eigenvalue weighted by molar-refractivity contribution is -0.317. The SMILES string of the molecule is CC(=O)OC[C@@H]1O[C@@H](O[C@@H]2C[C@]3(C)[C@H]4[C@@H](O)C=C5[C@H](CC[C@@H](O[C@@H]6OC[C@@H](OC(C)=O)[C@H](O)C6O)C5(C)C)[C@@]4(C)CC[C@@]3(C)[C@@H]2C(C)CCC=C(C)C)[C@@H](O)[C@@H](O)[C@@H]1OC(C)=O. The molecule has 6 rings (SSSR count). The van der Waals surface area contributed by atoms with E-state index in [2.05, 4.69) is 61.5 Å². The van der Waals surface area contributed by atoms with Crippen molar-refractivity contribution in [2.75, 3.05) is 13.2 Å². The van der Waals surface area contributed by atoms with E-state index in [0.717, 1.165) is 37.7 Å². The second-order valence-corrected chi connectivity index (χ2v) is 20.9. The molecular formula is C47H74O15. The second kappa shape index (κ2) is 18.4. The van der Waals surface area contributed by atoms with Crippen LogP contribution in [0.2, 0.25) is 0 Å². The lowest BCUT2D eigenvalue weighted by Gasteiger charge is -2.67. The lowest BCUT2D eigenvalue weighted by atomic mass is 9.38.